The molecule has 0 saturated heterocycles. The van der Waals surface area contributed by atoms with E-state index in [0.29, 0.717) is 36.7 Å². The molecule has 0 radical (unpaired) electrons. The first-order valence-corrected chi connectivity index (χ1v) is 17.2. The number of hydrogen-bond donors (Lipinski definition) is 2. The molecule has 7 nitrogen and oxygen atoms in total. The molecule has 0 amide bonds. The van der Waals surface area contributed by atoms with E-state index in [1.54, 1.807) is 0 Å². The predicted octanol–water partition coefficient (Wildman–Crippen LogP) is 9.49. The number of carboxylic acid groups (broad SMARTS) is 1. The molecular formula is C39H51ClN4O3. The standard InChI is InChI=1S/C34H36ClN3O3.C4H11N.CH4/c1-3-28-31-27(36-37(28)2)16-6-4-5-9-20-38-32-25(18-19-26(35)30(31)32)24(33(38)34(39)40)15-11-21-41-29-17-10-13-22-12-7-8-14-23(22)29;1-3-5-4-2;/h7-8,10,12-14,17-19H,3-6,9,11,15-16,20-21H2,1-2H3,(H,39,40);5H,3-4H2,1-2H3;1H4. The van der Waals surface area contributed by atoms with E-state index in [9.17, 15) is 9.90 Å². The fraction of sp³-hybridized carbons (Fsp3) is 0.436. The molecular weight excluding hydrogens is 608 g/mol. The first kappa shape index (κ1) is 36.0. The molecule has 8 heteroatoms. The fourth-order valence-electron chi connectivity index (χ4n) is 6.86. The highest BCUT2D eigenvalue weighted by molar-refractivity contribution is 6.35. The zero-order valence-corrected chi connectivity index (χ0v) is 28.4. The zero-order valence-electron chi connectivity index (χ0n) is 27.7. The van der Waals surface area contributed by atoms with E-state index in [-0.39, 0.29) is 7.43 Å². The fourth-order valence-corrected chi connectivity index (χ4v) is 7.11. The minimum absolute atomic E-state index is 0. The number of fused-ring (bicyclic) bond motifs is 3. The Morgan fingerprint density at radius 1 is 0.957 bits per heavy atom. The number of nitrogens with zero attached hydrogens (tertiary/aromatic N) is 3. The molecule has 0 fully saturated rings. The molecule has 0 aliphatic carbocycles. The second kappa shape index (κ2) is 16.8. The quantitative estimate of drug-likeness (QED) is 0.154. The van der Waals surface area contributed by atoms with Gasteiger partial charge in [-0.1, -0.05) is 95.1 Å². The van der Waals surface area contributed by atoms with E-state index in [2.05, 4.69) is 44.3 Å². The van der Waals surface area contributed by atoms with Gasteiger partial charge in [0.25, 0.3) is 0 Å². The van der Waals surface area contributed by atoms with Gasteiger partial charge in [0.05, 0.1) is 22.8 Å². The Kier molecular flexibility index (Phi) is 12.9. The van der Waals surface area contributed by atoms with Gasteiger partial charge in [-0.25, -0.2) is 4.79 Å². The average Bonchev–Trinajstić information content (AvgIpc) is 3.53. The topological polar surface area (TPSA) is 81.3 Å². The number of hydrogen-bond acceptors (Lipinski definition) is 4. The van der Waals surface area contributed by atoms with Crippen LogP contribution in [0.3, 0.4) is 0 Å². The van der Waals surface area contributed by atoms with Gasteiger partial charge in [-0.15, -0.1) is 0 Å². The van der Waals surface area contributed by atoms with Crippen LogP contribution in [-0.4, -0.2) is 45.1 Å². The molecule has 2 N–H and O–H groups in total. The lowest BCUT2D eigenvalue weighted by Gasteiger charge is -2.14. The van der Waals surface area contributed by atoms with Crippen molar-refractivity contribution in [3.8, 4) is 16.9 Å². The Morgan fingerprint density at radius 3 is 2.43 bits per heavy atom. The Morgan fingerprint density at radius 2 is 1.70 bits per heavy atom. The van der Waals surface area contributed by atoms with Crippen molar-refractivity contribution in [2.45, 2.75) is 86.1 Å². The first-order chi connectivity index (χ1) is 22.4. The summed E-state index contributed by atoms with van der Waals surface area (Å²) >= 11 is 7.00. The molecule has 1 aliphatic rings. The summed E-state index contributed by atoms with van der Waals surface area (Å²) in [5, 5.41) is 22.4. The van der Waals surface area contributed by atoms with E-state index in [0.717, 1.165) is 107 Å². The van der Waals surface area contributed by atoms with Gasteiger partial charge >= 0.3 is 5.97 Å². The molecule has 5 aromatic rings. The van der Waals surface area contributed by atoms with Crippen LogP contribution in [0.15, 0.2) is 54.6 Å². The van der Waals surface area contributed by atoms with E-state index in [1.807, 2.05) is 52.7 Å². The van der Waals surface area contributed by atoms with Gasteiger partial charge in [0, 0.05) is 41.2 Å². The van der Waals surface area contributed by atoms with Crippen LogP contribution in [0.1, 0.15) is 87.7 Å². The Hall–Kier alpha value is -3.81. The molecule has 47 heavy (non-hydrogen) atoms. The molecule has 252 valence electrons. The van der Waals surface area contributed by atoms with Crippen LogP contribution in [0.25, 0.3) is 32.8 Å². The summed E-state index contributed by atoms with van der Waals surface area (Å²) in [7, 11) is 1.99. The third kappa shape index (κ3) is 7.68. The minimum Gasteiger partial charge on any atom is -0.493 e. The summed E-state index contributed by atoms with van der Waals surface area (Å²) in [5.41, 5.74) is 6.33. The Bertz CT molecular complexity index is 1800. The molecule has 3 heterocycles. The molecule has 0 unspecified atom stereocenters. The van der Waals surface area contributed by atoms with Crippen molar-refractivity contribution in [1.29, 1.82) is 0 Å². The van der Waals surface area contributed by atoms with Crippen LogP contribution in [0, 0.1) is 0 Å². The number of carboxylic acids is 1. The van der Waals surface area contributed by atoms with E-state index >= 15 is 0 Å². The monoisotopic (exact) mass is 658 g/mol. The second-order valence-electron chi connectivity index (χ2n) is 11.9. The van der Waals surface area contributed by atoms with Gasteiger partial charge in [-0.3, -0.25) is 4.68 Å². The maximum Gasteiger partial charge on any atom is 0.352 e. The molecule has 1 aliphatic heterocycles. The number of ether oxygens (including phenoxy) is 1. The van der Waals surface area contributed by atoms with Crippen molar-refractivity contribution in [1.82, 2.24) is 19.7 Å². The van der Waals surface area contributed by atoms with Crippen LogP contribution < -0.4 is 10.1 Å². The van der Waals surface area contributed by atoms with Crippen molar-refractivity contribution >= 4 is 39.2 Å². The van der Waals surface area contributed by atoms with Gasteiger partial charge in [0.1, 0.15) is 11.4 Å². The summed E-state index contributed by atoms with van der Waals surface area (Å²) in [5.74, 6) is -0.0473. The van der Waals surface area contributed by atoms with Gasteiger partial charge in [0.15, 0.2) is 0 Å². The van der Waals surface area contributed by atoms with E-state index in [4.69, 9.17) is 21.4 Å². The number of aromatic carboxylic acids is 1. The smallest absolute Gasteiger partial charge is 0.352 e. The third-order valence-electron chi connectivity index (χ3n) is 8.93. The molecule has 0 bridgehead atoms. The lowest BCUT2D eigenvalue weighted by Crippen LogP contribution is -2.12. The number of rotatable bonds is 9. The predicted molar refractivity (Wildman–Crippen MR) is 196 cm³/mol. The SMILES string of the molecule is C.CCNCC.CCc1c2c(nn1C)CCCCCCn1c(C(=O)O)c(CCCOc3cccc4ccccc34)c3ccc(Cl)c-2c31. The van der Waals surface area contributed by atoms with Crippen molar-refractivity contribution < 1.29 is 14.6 Å². The van der Waals surface area contributed by atoms with Crippen LogP contribution in [0.4, 0.5) is 0 Å². The van der Waals surface area contributed by atoms with Crippen LogP contribution in [0.5, 0.6) is 5.75 Å². The molecule has 2 aromatic heterocycles. The van der Waals surface area contributed by atoms with Crippen molar-refractivity contribution in [2.24, 2.45) is 7.05 Å². The van der Waals surface area contributed by atoms with E-state index < -0.39 is 5.97 Å². The molecule has 3 aromatic carbocycles. The number of aromatic nitrogens is 3. The summed E-state index contributed by atoms with van der Waals surface area (Å²) in [4.78, 5) is 12.9. The highest BCUT2D eigenvalue weighted by atomic mass is 35.5. The normalized spacial score (nSPS) is 12.9. The number of aryl methyl sites for hydroxylation is 4. The van der Waals surface area contributed by atoms with Crippen molar-refractivity contribution in [3.05, 3.63) is 82.3 Å². The summed E-state index contributed by atoms with van der Waals surface area (Å²) in [6.45, 7) is 9.67. The number of benzene rings is 3. The number of carbonyl (C=O) groups is 1. The molecule has 0 atom stereocenters. The van der Waals surface area contributed by atoms with E-state index in [1.165, 1.54) is 0 Å². The van der Waals surface area contributed by atoms with Crippen molar-refractivity contribution in [2.75, 3.05) is 19.7 Å². The Balaban J connectivity index is 0.000000776. The summed E-state index contributed by atoms with van der Waals surface area (Å²) in [6.07, 6.45) is 7.11. The van der Waals surface area contributed by atoms with Gasteiger partial charge < -0.3 is 19.7 Å². The van der Waals surface area contributed by atoms with Crippen LogP contribution in [-0.2, 0) is 32.9 Å². The number of nitrogens with one attached hydrogen (secondary N) is 1. The minimum atomic E-state index is -0.898. The highest BCUT2D eigenvalue weighted by Gasteiger charge is 2.29. The number of halogens is 1. The third-order valence-corrected chi connectivity index (χ3v) is 9.24. The van der Waals surface area contributed by atoms with Gasteiger partial charge in [0.2, 0.25) is 0 Å². The second-order valence-corrected chi connectivity index (χ2v) is 12.3. The van der Waals surface area contributed by atoms with Gasteiger partial charge in [-0.05, 0) is 74.7 Å². The van der Waals surface area contributed by atoms with Gasteiger partial charge in [-0.2, -0.15) is 5.10 Å². The lowest BCUT2D eigenvalue weighted by molar-refractivity contribution is 0.0684. The maximum absolute atomic E-state index is 12.9. The highest BCUT2D eigenvalue weighted by Crippen LogP contribution is 2.43. The Labute approximate surface area is 284 Å². The molecule has 0 saturated carbocycles. The maximum atomic E-state index is 12.9. The largest absolute Gasteiger partial charge is 0.493 e. The summed E-state index contributed by atoms with van der Waals surface area (Å²) < 4.78 is 10.2. The lowest BCUT2D eigenvalue weighted by atomic mass is 9.95. The zero-order chi connectivity index (χ0) is 32.6. The molecule has 0 spiro atoms. The van der Waals surface area contributed by atoms with Crippen LogP contribution >= 0.6 is 11.6 Å². The van der Waals surface area contributed by atoms with Crippen LogP contribution in [0.2, 0.25) is 5.02 Å². The van der Waals surface area contributed by atoms with Crippen molar-refractivity contribution in [3.63, 3.8) is 0 Å². The first-order valence-electron chi connectivity index (χ1n) is 16.8. The summed E-state index contributed by atoms with van der Waals surface area (Å²) in [6, 6.07) is 18.2. The average molecular weight is 659 g/mol. The molecule has 6 rings (SSSR count).